The number of carbonyl (C=O) groups is 1. The Hall–Kier alpha value is -2.93. The molecule has 0 radical (unpaired) electrons. The van der Waals surface area contributed by atoms with Gasteiger partial charge in [-0.1, -0.05) is 54.2 Å². The van der Waals surface area contributed by atoms with E-state index >= 15 is 0 Å². The van der Waals surface area contributed by atoms with Gasteiger partial charge in [-0.2, -0.15) is 0 Å². The summed E-state index contributed by atoms with van der Waals surface area (Å²) in [6.07, 6.45) is 0.371. The van der Waals surface area contributed by atoms with E-state index < -0.39 is 0 Å². The highest BCUT2D eigenvalue weighted by Crippen LogP contribution is 2.17. The number of hydrogen-bond donors (Lipinski definition) is 0. The Morgan fingerprint density at radius 3 is 2.48 bits per heavy atom. The zero-order valence-electron chi connectivity index (χ0n) is 16.2. The van der Waals surface area contributed by atoms with E-state index in [1.54, 1.807) is 26.1 Å². The molecule has 0 amide bonds. The summed E-state index contributed by atoms with van der Waals surface area (Å²) in [6.45, 7) is 1.97. The summed E-state index contributed by atoms with van der Waals surface area (Å²) < 4.78 is 19.8. The molecule has 29 heavy (non-hydrogen) atoms. The first kappa shape index (κ1) is 20.8. The lowest BCUT2D eigenvalue weighted by molar-refractivity contribution is -0.141. The molecule has 0 atom stereocenters. The molecular weight excluding hydrogens is 391 g/mol. The van der Waals surface area contributed by atoms with Crippen molar-refractivity contribution < 1.29 is 13.9 Å². The van der Waals surface area contributed by atoms with Crippen LogP contribution in [0, 0.1) is 12.7 Å². The Labute approximate surface area is 172 Å². The monoisotopic (exact) mass is 412 g/mol. The summed E-state index contributed by atoms with van der Waals surface area (Å²) in [5.41, 5.74) is 2.71. The van der Waals surface area contributed by atoms with E-state index in [4.69, 9.17) is 4.74 Å². The lowest BCUT2D eigenvalue weighted by Gasteiger charge is -2.12. The van der Waals surface area contributed by atoms with E-state index in [1.165, 1.54) is 16.7 Å². The number of benzene rings is 2. The van der Waals surface area contributed by atoms with Crippen molar-refractivity contribution in [1.82, 2.24) is 9.55 Å². The molecule has 0 N–H and O–H groups in total. The van der Waals surface area contributed by atoms with Gasteiger partial charge >= 0.3 is 5.97 Å². The average Bonchev–Trinajstić information content (AvgIpc) is 2.73. The van der Waals surface area contributed by atoms with Crippen LogP contribution in [0.1, 0.15) is 22.4 Å². The highest BCUT2D eigenvalue weighted by atomic mass is 32.2. The molecule has 1 heterocycles. The molecule has 0 spiro atoms. The Bertz CT molecular complexity index is 1050. The third kappa shape index (κ3) is 5.54. The Balaban J connectivity index is 1.65. The standard InChI is InChI=1S/C22H21FN2O3S/c1-15-19(12-16-8-10-18(23)11-9-16)21(27)25(2)22(24-15)29-14-20(26)28-13-17-6-4-3-5-7-17/h3-11H,12-14H2,1-2H3. The molecule has 0 aliphatic rings. The van der Waals surface area contributed by atoms with E-state index in [9.17, 15) is 14.0 Å². The summed E-state index contributed by atoms with van der Waals surface area (Å²) in [6, 6.07) is 15.5. The lowest BCUT2D eigenvalue weighted by atomic mass is 10.1. The minimum absolute atomic E-state index is 0.0594. The van der Waals surface area contributed by atoms with E-state index in [1.807, 2.05) is 30.3 Å². The Morgan fingerprint density at radius 1 is 1.10 bits per heavy atom. The Morgan fingerprint density at radius 2 is 1.79 bits per heavy atom. The summed E-state index contributed by atoms with van der Waals surface area (Å²) in [4.78, 5) is 29.3. The predicted molar refractivity (Wildman–Crippen MR) is 110 cm³/mol. The molecular formula is C22H21FN2O3S. The van der Waals surface area contributed by atoms with E-state index in [0.717, 1.165) is 22.9 Å². The van der Waals surface area contributed by atoms with Crippen LogP contribution < -0.4 is 5.56 Å². The van der Waals surface area contributed by atoms with Crippen LogP contribution in [0.25, 0.3) is 0 Å². The number of ether oxygens (including phenoxy) is 1. The van der Waals surface area contributed by atoms with E-state index in [-0.39, 0.29) is 29.7 Å². The van der Waals surface area contributed by atoms with Gasteiger partial charge in [0.25, 0.3) is 5.56 Å². The molecule has 0 saturated carbocycles. The second-order valence-corrected chi connectivity index (χ2v) is 7.50. The molecule has 0 aliphatic carbocycles. The highest BCUT2D eigenvalue weighted by Gasteiger charge is 2.15. The SMILES string of the molecule is Cc1nc(SCC(=O)OCc2ccccc2)n(C)c(=O)c1Cc1ccc(F)cc1. The van der Waals surface area contributed by atoms with Gasteiger partial charge in [0.05, 0.1) is 5.75 Å². The van der Waals surface area contributed by atoms with Crippen molar-refractivity contribution in [3.63, 3.8) is 0 Å². The number of aromatic nitrogens is 2. The lowest BCUT2D eigenvalue weighted by Crippen LogP contribution is -2.26. The molecule has 2 aromatic carbocycles. The van der Waals surface area contributed by atoms with Crippen molar-refractivity contribution in [3.05, 3.63) is 93.2 Å². The normalized spacial score (nSPS) is 10.7. The molecule has 5 nitrogen and oxygen atoms in total. The number of thioether (sulfide) groups is 1. The second-order valence-electron chi connectivity index (χ2n) is 6.56. The molecule has 0 fully saturated rings. The first-order valence-corrected chi connectivity index (χ1v) is 10.1. The van der Waals surface area contributed by atoms with Gasteiger partial charge in [-0.15, -0.1) is 0 Å². The predicted octanol–water partition coefficient (Wildman–Crippen LogP) is 3.65. The van der Waals surface area contributed by atoms with Crippen LogP contribution in [0.4, 0.5) is 4.39 Å². The molecule has 150 valence electrons. The summed E-state index contributed by atoms with van der Waals surface area (Å²) >= 11 is 1.16. The summed E-state index contributed by atoms with van der Waals surface area (Å²) in [7, 11) is 1.63. The maximum absolute atomic E-state index is 13.1. The highest BCUT2D eigenvalue weighted by molar-refractivity contribution is 7.99. The first-order chi connectivity index (χ1) is 13.9. The first-order valence-electron chi connectivity index (χ1n) is 9.07. The molecule has 0 unspecified atom stereocenters. The smallest absolute Gasteiger partial charge is 0.316 e. The van der Waals surface area contributed by atoms with Gasteiger partial charge < -0.3 is 4.74 Å². The summed E-state index contributed by atoms with van der Waals surface area (Å²) in [5.74, 6) is -0.632. The number of carbonyl (C=O) groups excluding carboxylic acids is 1. The van der Waals surface area contributed by atoms with Crippen LogP contribution in [-0.2, 0) is 29.6 Å². The summed E-state index contributed by atoms with van der Waals surface area (Å²) in [5, 5.41) is 0.451. The van der Waals surface area contributed by atoms with Gasteiger partial charge in [0.2, 0.25) is 0 Å². The average molecular weight is 412 g/mol. The van der Waals surface area contributed by atoms with Crippen LogP contribution in [0.2, 0.25) is 0 Å². The topological polar surface area (TPSA) is 61.2 Å². The van der Waals surface area contributed by atoms with Gasteiger partial charge in [-0.3, -0.25) is 14.2 Å². The zero-order chi connectivity index (χ0) is 20.8. The molecule has 0 aliphatic heterocycles. The third-order valence-electron chi connectivity index (χ3n) is 4.41. The van der Waals surface area contributed by atoms with Gasteiger partial charge in [-0.05, 0) is 30.2 Å². The van der Waals surface area contributed by atoms with Crippen molar-refractivity contribution in [2.45, 2.75) is 25.1 Å². The van der Waals surface area contributed by atoms with Crippen molar-refractivity contribution >= 4 is 17.7 Å². The number of esters is 1. The Kier molecular flexibility index (Phi) is 6.82. The molecule has 0 saturated heterocycles. The maximum Gasteiger partial charge on any atom is 0.316 e. The minimum Gasteiger partial charge on any atom is -0.460 e. The van der Waals surface area contributed by atoms with Crippen LogP contribution >= 0.6 is 11.8 Å². The molecule has 7 heteroatoms. The van der Waals surface area contributed by atoms with Crippen LogP contribution in [0.5, 0.6) is 0 Å². The second kappa shape index (κ2) is 9.52. The number of halogens is 1. The van der Waals surface area contributed by atoms with Crippen molar-refractivity contribution in [1.29, 1.82) is 0 Å². The van der Waals surface area contributed by atoms with E-state index in [2.05, 4.69) is 4.98 Å². The number of nitrogens with zero attached hydrogens (tertiary/aromatic N) is 2. The van der Waals surface area contributed by atoms with Crippen molar-refractivity contribution in [2.24, 2.45) is 7.05 Å². The molecule has 0 bridgehead atoms. The van der Waals surface area contributed by atoms with Gasteiger partial charge in [-0.25, -0.2) is 9.37 Å². The number of aryl methyl sites for hydroxylation is 1. The van der Waals surface area contributed by atoms with Gasteiger partial charge in [0.15, 0.2) is 5.16 Å². The quantitative estimate of drug-likeness (QED) is 0.337. The minimum atomic E-state index is -0.374. The zero-order valence-corrected chi connectivity index (χ0v) is 17.0. The van der Waals surface area contributed by atoms with Crippen molar-refractivity contribution in [3.8, 4) is 0 Å². The van der Waals surface area contributed by atoms with Gasteiger partial charge in [0.1, 0.15) is 12.4 Å². The van der Waals surface area contributed by atoms with Crippen molar-refractivity contribution in [2.75, 3.05) is 5.75 Å². The van der Waals surface area contributed by atoms with Crippen LogP contribution in [-0.4, -0.2) is 21.3 Å². The fourth-order valence-electron chi connectivity index (χ4n) is 2.77. The van der Waals surface area contributed by atoms with Crippen LogP contribution in [0.3, 0.4) is 0 Å². The van der Waals surface area contributed by atoms with E-state index in [0.29, 0.717) is 22.8 Å². The van der Waals surface area contributed by atoms with Crippen LogP contribution in [0.15, 0.2) is 64.5 Å². The molecule has 3 rings (SSSR count). The largest absolute Gasteiger partial charge is 0.460 e. The molecule has 3 aromatic rings. The maximum atomic E-state index is 13.1. The third-order valence-corrected chi connectivity index (χ3v) is 5.41. The molecule has 1 aromatic heterocycles. The fraction of sp³-hybridized carbons (Fsp3) is 0.227. The number of rotatable bonds is 7. The van der Waals surface area contributed by atoms with Gasteiger partial charge in [0, 0.05) is 24.7 Å². The fourth-order valence-corrected chi connectivity index (χ4v) is 3.58. The number of hydrogen-bond acceptors (Lipinski definition) is 5.